The highest BCUT2D eigenvalue weighted by Gasteiger charge is 2.09. The lowest BCUT2D eigenvalue weighted by molar-refractivity contribution is -0.116. The van der Waals surface area contributed by atoms with Crippen molar-refractivity contribution in [2.75, 3.05) is 14.2 Å². The van der Waals surface area contributed by atoms with Crippen LogP contribution in [-0.2, 0) is 11.3 Å². The van der Waals surface area contributed by atoms with Crippen molar-refractivity contribution in [2.45, 2.75) is 13.5 Å². The van der Waals surface area contributed by atoms with Gasteiger partial charge < -0.3 is 14.8 Å². The molecule has 0 heterocycles. The van der Waals surface area contributed by atoms with Gasteiger partial charge >= 0.3 is 0 Å². The van der Waals surface area contributed by atoms with Gasteiger partial charge in [0.05, 0.1) is 19.2 Å². The molecule has 0 radical (unpaired) electrons. The molecule has 0 aliphatic rings. The van der Waals surface area contributed by atoms with E-state index >= 15 is 0 Å². The van der Waals surface area contributed by atoms with Crippen molar-refractivity contribution in [3.63, 3.8) is 0 Å². The quantitative estimate of drug-likeness (QED) is 0.805. The smallest absolute Gasteiger partial charge is 0.244 e. The number of methoxy groups -OCH3 is 2. The van der Waals surface area contributed by atoms with Crippen molar-refractivity contribution >= 4 is 23.6 Å². The summed E-state index contributed by atoms with van der Waals surface area (Å²) in [5.74, 6) is 0.814. The number of benzene rings is 2. The Hall–Kier alpha value is -2.46. The molecule has 0 fully saturated rings. The highest BCUT2D eigenvalue weighted by atomic mass is 35.5. The van der Waals surface area contributed by atoms with E-state index in [1.54, 1.807) is 18.2 Å². The van der Waals surface area contributed by atoms with Crippen molar-refractivity contribution in [3.8, 4) is 11.5 Å². The molecule has 0 bridgehead atoms. The van der Waals surface area contributed by atoms with E-state index in [2.05, 4.69) is 5.32 Å². The lowest BCUT2D eigenvalue weighted by Gasteiger charge is -2.10. The zero-order valence-corrected chi connectivity index (χ0v) is 14.7. The number of rotatable bonds is 6. The first-order valence-corrected chi connectivity index (χ1v) is 7.85. The minimum Gasteiger partial charge on any atom is -0.493 e. The standard InChI is InChI=1S/C19H20ClNO3/c1-13-6-4-5-7-15(13)12-21-18(22)9-8-14-10-16(20)19(24-3)17(11-14)23-2/h4-11H,12H2,1-3H3,(H,21,22)/b9-8+. The van der Waals surface area contributed by atoms with Crippen LogP contribution in [0.1, 0.15) is 16.7 Å². The Labute approximate surface area is 147 Å². The van der Waals surface area contributed by atoms with Crippen LogP contribution in [0.3, 0.4) is 0 Å². The van der Waals surface area contributed by atoms with Gasteiger partial charge in [-0.2, -0.15) is 0 Å². The molecular formula is C19H20ClNO3. The maximum absolute atomic E-state index is 12.0. The first-order chi connectivity index (χ1) is 11.5. The van der Waals surface area contributed by atoms with Crippen molar-refractivity contribution in [1.82, 2.24) is 5.32 Å². The molecule has 0 aliphatic heterocycles. The molecule has 0 atom stereocenters. The lowest BCUT2D eigenvalue weighted by Crippen LogP contribution is -2.20. The summed E-state index contributed by atoms with van der Waals surface area (Å²) in [5, 5.41) is 3.29. The normalized spacial score (nSPS) is 10.7. The third-order valence-corrected chi connectivity index (χ3v) is 3.88. The predicted octanol–water partition coefficient (Wildman–Crippen LogP) is 4.00. The number of nitrogens with one attached hydrogen (secondary N) is 1. The van der Waals surface area contributed by atoms with Gasteiger partial charge in [-0.25, -0.2) is 0 Å². The number of carbonyl (C=O) groups excluding carboxylic acids is 1. The average Bonchev–Trinajstić information content (AvgIpc) is 2.58. The maximum atomic E-state index is 12.0. The molecule has 0 aromatic heterocycles. The van der Waals surface area contributed by atoms with Crippen LogP contribution in [0.5, 0.6) is 11.5 Å². The van der Waals surface area contributed by atoms with Gasteiger partial charge in [0.2, 0.25) is 5.91 Å². The Bertz CT molecular complexity index is 756. The van der Waals surface area contributed by atoms with Gasteiger partial charge in [0.1, 0.15) is 0 Å². The molecule has 24 heavy (non-hydrogen) atoms. The Morgan fingerprint density at radius 1 is 1.21 bits per heavy atom. The molecule has 2 aromatic rings. The topological polar surface area (TPSA) is 47.6 Å². The molecule has 126 valence electrons. The summed E-state index contributed by atoms with van der Waals surface area (Å²) in [6.07, 6.45) is 3.15. The van der Waals surface area contributed by atoms with Gasteiger partial charge in [-0.15, -0.1) is 0 Å². The van der Waals surface area contributed by atoms with Gasteiger partial charge in [-0.05, 0) is 41.8 Å². The molecule has 2 rings (SSSR count). The number of carbonyl (C=O) groups is 1. The second-order valence-corrected chi connectivity index (χ2v) is 5.62. The summed E-state index contributed by atoms with van der Waals surface area (Å²) in [4.78, 5) is 12.0. The summed E-state index contributed by atoms with van der Waals surface area (Å²) < 4.78 is 10.4. The molecule has 0 spiro atoms. The summed E-state index contributed by atoms with van der Waals surface area (Å²) in [5.41, 5.74) is 2.99. The van der Waals surface area contributed by atoms with Crippen molar-refractivity contribution in [3.05, 3.63) is 64.2 Å². The molecule has 0 saturated carbocycles. The number of halogens is 1. The van der Waals surface area contributed by atoms with Gasteiger partial charge in [-0.1, -0.05) is 35.9 Å². The van der Waals surface area contributed by atoms with Crippen molar-refractivity contribution in [1.29, 1.82) is 0 Å². The van der Waals surface area contributed by atoms with Gasteiger partial charge in [0.25, 0.3) is 0 Å². The van der Waals surface area contributed by atoms with Crippen molar-refractivity contribution < 1.29 is 14.3 Å². The van der Waals surface area contributed by atoms with Crippen molar-refractivity contribution in [2.24, 2.45) is 0 Å². The summed E-state index contributed by atoms with van der Waals surface area (Å²) >= 11 is 6.15. The first kappa shape index (κ1) is 17.9. The summed E-state index contributed by atoms with van der Waals surface area (Å²) in [6.45, 7) is 2.51. The zero-order valence-electron chi connectivity index (χ0n) is 13.9. The summed E-state index contributed by atoms with van der Waals surface area (Å²) in [6, 6.07) is 11.4. The third-order valence-electron chi connectivity index (χ3n) is 3.60. The highest BCUT2D eigenvalue weighted by molar-refractivity contribution is 6.32. The number of ether oxygens (including phenoxy) is 2. The van der Waals surface area contributed by atoms with E-state index in [-0.39, 0.29) is 5.91 Å². The minimum atomic E-state index is -0.177. The largest absolute Gasteiger partial charge is 0.493 e. The molecule has 0 unspecified atom stereocenters. The summed E-state index contributed by atoms with van der Waals surface area (Å²) in [7, 11) is 3.06. The fourth-order valence-corrected chi connectivity index (χ4v) is 2.55. The SMILES string of the molecule is COc1cc(/C=C/C(=O)NCc2ccccc2C)cc(Cl)c1OC. The minimum absolute atomic E-state index is 0.177. The second-order valence-electron chi connectivity index (χ2n) is 5.22. The highest BCUT2D eigenvalue weighted by Crippen LogP contribution is 2.36. The molecule has 0 saturated heterocycles. The van der Waals surface area contributed by atoms with Crippen LogP contribution in [0.15, 0.2) is 42.5 Å². The van der Waals surface area contributed by atoms with E-state index < -0.39 is 0 Å². The van der Waals surface area contributed by atoms with Crippen LogP contribution < -0.4 is 14.8 Å². The van der Waals surface area contributed by atoms with Crippen LogP contribution in [0.4, 0.5) is 0 Å². The molecular weight excluding hydrogens is 326 g/mol. The van der Waals surface area contributed by atoms with E-state index in [0.29, 0.717) is 23.1 Å². The number of hydrogen-bond acceptors (Lipinski definition) is 3. The van der Waals surface area contributed by atoms with E-state index in [9.17, 15) is 4.79 Å². The van der Waals surface area contributed by atoms with Crippen LogP contribution in [0.25, 0.3) is 6.08 Å². The average molecular weight is 346 g/mol. The molecule has 2 aromatic carbocycles. The van der Waals surface area contributed by atoms with E-state index in [4.69, 9.17) is 21.1 Å². The molecule has 0 aliphatic carbocycles. The Morgan fingerprint density at radius 3 is 2.62 bits per heavy atom. The fraction of sp³-hybridized carbons (Fsp3) is 0.211. The fourth-order valence-electron chi connectivity index (χ4n) is 2.26. The van der Waals surface area contributed by atoms with Crippen LogP contribution in [-0.4, -0.2) is 20.1 Å². The number of aryl methyl sites for hydroxylation is 1. The number of amides is 1. The third kappa shape index (κ3) is 4.52. The zero-order chi connectivity index (χ0) is 17.5. The molecule has 1 amide bonds. The van der Waals surface area contributed by atoms with E-state index in [1.165, 1.54) is 20.3 Å². The van der Waals surface area contributed by atoms with Crippen LogP contribution in [0.2, 0.25) is 5.02 Å². The molecule has 5 heteroatoms. The second kappa shape index (κ2) is 8.41. The van der Waals surface area contributed by atoms with Gasteiger partial charge in [-0.3, -0.25) is 4.79 Å². The monoisotopic (exact) mass is 345 g/mol. The van der Waals surface area contributed by atoms with Gasteiger partial charge in [0, 0.05) is 12.6 Å². The van der Waals surface area contributed by atoms with E-state index in [1.807, 2.05) is 31.2 Å². The molecule has 1 N–H and O–H groups in total. The van der Waals surface area contributed by atoms with E-state index in [0.717, 1.165) is 16.7 Å². The first-order valence-electron chi connectivity index (χ1n) is 7.47. The predicted molar refractivity (Wildman–Crippen MR) is 96.6 cm³/mol. The van der Waals surface area contributed by atoms with Gasteiger partial charge in [0.15, 0.2) is 11.5 Å². The van der Waals surface area contributed by atoms with Crippen LogP contribution >= 0.6 is 11.6 Å². The lowest BCUT2D eigenvalue weighted by atomic mass is 10.1. The maximum Gasteiger partial charge on any atom is 0.244 e. The Balaban J connectivity index is 2.04. The number of hydrogen-bond donors (Lipinski definition) is 1. The Kier molecular flexibility index (Phi) is 6.27. The molecule has 4 nitrogen and oxygen atoms in total. The van der Waals surface area contributed by atoms with Crippen LogP contribution in [0, 0.1) is 6.92 Å². The Morgan fingerprint density at radius 2 is 1.96 bits per heavy atom.